The molecule has 8 heteroatoms. The molecule has 0 saturated heterocycles. The monoisotopic (exact) mass is 384 g/mol. The van der Waals surface area contributed by atoms with Crippen LogP contribution in [0.3, 0.4) is 0 Å². The summed E-state index contributed by atoms with van der Waals surface area (Å²) < 4.78 is 27.6. The van der Waals surface area contributed by atoms with E-state index in [1.807, 2.05) is 37.3 Å². The summed E-state index contributed by atoms with van der Waals surface area (Å²) >= 11 is 0. The molecule has 0 saturated carbocycles. The largest absolute Gasteiger partial charge is 0.347 e. The number of benzene rings is 2. The normalized spacial score (nSPS) is 11.1. The summed E-state index contributed by atoms with van der Waals surface area (Å²) in [5.41, 5.74) is 2.13. The molecule has 0 fully saturated rings. The van der Waals surface area contributed by atoms with E-state index in [4.69, 9.17) is 0 Å². The van der Waals surface area contributed by atoms with Crippen molar-refractivity contribution in [2.75, 3.05) is 4.72 Å². The van der Waals surface area contributed by atoms with Gasteiger partial charge in [-0.25, -0.2) is 8.42 Å². The summed E-state index contributed by atoms with van der Waals surface area (Å²) in [5.74, 6) is -0.449. The maximum Gasteiger partial charge on any atom is 0.271 e. The van der Waals surface area contributed by atoms with Crippen LogP contribution in [0.4, 0.5) is 5.69 Å². The van der Waals surface area contributed by atoms with Gasteiger partial charge in [0.05, 0.1) is 16.8 Å². The Bertz CT molecular complexity index is 1010. The molecule has 3 N–H and O–H groups in total. The van der Waals surface area contributed by atoms with Crippen molar-refractivity contribution in [3.8, 4) is 0 Å². The fourth-order valence-corrected chi connectivity index (χ4v) is 3.57. The number of carbonyl (C=O) groups excluding carboxylic acids is 1. The Labute approximate surface area is 157 Å². The van der Waals surface area contributed by atoms with Gasteiger partial charge in [-0.1, -0.05) is 49.4 Å². The number of anilines is 1. The SMILES string of the molecule is CCc1ccc(S(=O)(=O)Nc2cn[nH]c2C(=O)NCc2ccccc2)cc1. The second-order valence-electron chi connectivity index (χ2n) is 5.93. The number of amides is 1. The summed E-state index contributed by atoms with van der Waals surface area (Å²) in [6.45, 7) is 2.32. The topological polar surface area (TPSA) is 104 Å². The molecule has 3 rings (SSSR count). The lowest BCUT2D eigenvalue weighted by Gasteiger charge is -2.09. The van der Waals surface area contributed by atoms with Crippen LogP contribution in [0, 0.1) is 0 Å². The van der Waals surface area contributed by atoms with E-state index in [0.29, 0.717) is 6.54 Å². The van der Waals surface area contributed by atoms with E-state index in [0.717, 1.165) is 17.5 Å². The number of H-pyrrole nitrogens is 1. The Morgan fingerprint density at radius 3 is 2.41 bits per heavy atom. The summed E-state index contributed by atoms with van der Waals surface area (Å²) in [6, 6.07) is 16.0. The molecule has 0 spiro atoms. The van der Waals surface area contributed by atoms with E-state index in [-0.39, 0.29) is 16.3 Å². The van der Waals surface area contributed by atoms with Crippen LogP contribution < -0.4 is 10.0 Å². The number of aryl methyl sites for hydroxylation is 1. The van der Waals surface area contributed by atoms with Gasteiger partial charge in [0.2, 0.25) is 0 Å². The molecule has 7 nitrogen and oxygen atoms in total. The Balaban J connectivity index is 1.72. The van der Waals surface area contributed by atoms with Crippen LogP contribution in [0.2, 0.25) is 0 Å². The highest BCUT2D eigenvalue weighted by molar-refractivity contribution is 7.92. The molecule has 0 radical (unpaired) electrons. The molecule has 27 heavy (non-hydrogen) atoms. The predicted octanol–water partition coefficient (Wildman–Crippen LogP) is 2.70. The zero-order valence-corrected chi connectivity index (χ0v) is 15.6. The van der Waals surface area contributed by atoms with Crippen molar-refractivity contribution >= 4 is 21.6 Å². The molecule has 0 bridgehead atoms. The summed E-state index contributed by atoms with van der Waals surface area (Å²) in [7, 11) is -3.82. The zero-order chi connectivity index (χ0) is 19.3. The van der Waals surface area contributed by atoms with Gasteiger partial charge in [-0.3, -0.25) is 14.6 Å². The van der Waals surface area contributed by atoms with Gasteiger partial charge in [0.1, 0.15) is 5.69 Å². The molecule has 0 aliphatic carbocycles. The van der Waals surface area contributed by atoms with Crippen LogP contribution in [0.25, 0.3) is 0 Å². The van der Waals surface area contributed by atoms with Crippen molar-refractivity contribution in [1.29, 1.82) is 0 Å². The number of hydrogen-bond acceptors (Lipinski definition) is 4. The van der Waals surface area contributed by atoms with Crippen molar-refractivity contribution < 1.29 is 13.2 Å². The Morgan fingerprint density at radius 2 is 1.74 bits per heavy atom. The first-order chi connectivity index (χ1) is 13.0. The third-order valence-electron chi connectivity index (χ3n) is 4.05. The Morgan fingerprint density at radius 1 is 1.04 bits per heavy atom. The molecular formula is C19H20N4O3S. The van der Waals surface area contributed by atoms with E-state index >= 15 is 0 Å². The highest BCUT2D eigenvalue weighted by atomic mass is 32.2. The van der Waals surface area contributed by atoms with E-state index in [9.17, 15) is 13.2 Å². The fourth-order valence-electron chi connectivity index (χ4n) is 2.51. The first-order valence-electron chi connectivity index (χ1n) is 8.47. The second kappa shape index (κ2) is 8.05. The zero-order valence-electron chi connectivity index (χ0n) is 14.8. The molecular weight excluding hydrogens is 364 g/mol. The van der Waals surface area contributed by atoms with E-state index in [1.165, 1.54) is 18.3 Å². The van der Waals surface area contributed by atoms with E-state index in [2.05, 4.69) is 20.2 Å². The van der Waals surface area contributed by atoms with Gasteiger partial charge >= 0.3 is 0 Å². The number of carbonyl (C=O) groups is 1. The lowest BCUT2D eigenvalue weighted by atomic mass is 10.2. The minimum atomic E-state index is -3.82. The van der Waals surface area contributed by atoms with E-state index < -0.39 is 15.9 Å². The quantitative estimate of drug-likeness (QED) is 0.582. The van der Waals surface area contributed by atoms with Crippen molar-refractivity contribution in [1.82, 2.24) is 15.5 Å². The number of aromatic amines is 1. The molecule has 0 atom stereocenters. The summed E-state index contributed by atoms with van der Waals surface area (Å²) in [6.07, 6.45) is 2.09. The molecule has 1 aromatic heterocycles. The van der Waals surface area contributed by atoms with Crippen LogP contribution >= 0.6 is 0 Å². The second-order valence-corrected chi connectivity index (χ2v) is 7.61. The standard InChI is InChI=1S/C19H20N4O3S/c1-2-14-8-10-16(11-9-14)27(25,26)23-17-13-21-22-18(17)19(24)20-12-15-6-4-3-5-7-15/h3-11,13,23H,2,12H2,1H3,(H,20,24)(H,21,22). The molecule has 3 aromatic rings. The molecule has 0 aliphatic heterocycles. The van der Waals surface area contributed by atoms with E-state index in [1.54, 1.807) is 12.1 Å². The fraction of sp³-hybridized carbons (Fsp3) is 0.158. The first-order valence-corrected chi connectivity index (χ1v) is 9.95. The third-order valence-corrected chi connectivity index (χ3v) is 5.43. The van der Waals surface area contributed by atoms with Crippen molar-refractivity contribution in [3.63, 3.8) is 0 Å². The number of sulfonamides is 1. The molecule has 2 aromatic carbocycles. The van der Waals surface area contributed by atoms with Gasteiger partial charge in [-0.2, -0.15) is 5.10 Å². The van der Waals surface area contributed by atoms with Crippen LogP contribution in [-0.2, 0) is 23.0 Å². The number of aromatic nitrogens is 2. The van der Waals surface area contributed by atoms with Gasteiger partial charge in [0.15, 0.2) is 0 Å². The average Bonchev–Trinajstić information content (AvgIpc) is 3.14. The minimum Gasteiger partial charge on any atom is -0.347 e. The highest BCUT2D eigenvalue weighted by Crippen LogP contribution is 2.19. The van der Waals surface area contributed by atoms with Crippen molar-refractivity contribution in [2.45, 2.75) is 24.8 Å². The first kappa shape index (κ1) is 18.7. The van der Waals surface area contributed by atoms with Gasteiger partial charge < -0.3 is 5.32 Å². The molecule has 0 unspecified atom stereocenters. The van der Waals surface area contributed by atoms with Crippen LogP contribution in [-0.4, -0.2) is 24.5 Å². The maximum atomic E-state index is 12.6. The lowest BCUT2D eigenvalue weighted by molar-refractivity contribution is 0.0947. The molecule has 1 amide bonds. The Kier molecular flexibility index (Phi) is 5.56. The number of nitrogens with zero attached hydrogens (tertiary/aromatic N) is 1. The summed E-state index contributed by atoms with van der Waals surface area (Å²) in [4.78, 5) is 12.5. The maximum absolute atomic E-state index is 12.6. The lowest BCUT2D eigenvalue weighted by Crippen LogP contribution is -2.25. The molecule has 0 aliphatic rings. The van der Waals surface area contributed by atoms with Crippen molar-refractivity contribution in [3.05, 3.63) is 77.6 Å². The number of hydrogen-bond donors (Lipinski definition) is 3. The predicted molar refractivity (Wildman–Crippen MR) is 103 cm³/mol. The van der Waals surface area contributed by atoms with Crippen LogP contribution in [0.5, 0.6) is 0 Å². The minimum absolute atomic E-state index is 0.0553. The number of rotatable bonds is 7. The molecule has 1 heterocycles. The van der Waals surface area contributed by atoms with Gasteiger partial charge in [0.25, 0.3) is 15.9 Å². The van der Waals surface area contributed by atoms with Crippen LogP contribution in [0.1, 0.15) is 28.5 Å². The van der Waals surface area contributed by atoms with Gasteiger partial charge in [0, 0.05) is 6.54 Å². The van der Waals surface area contributed by atoms with Crippen molar-refractivity contribution in [2.24, 2.45) is 0 Å². The smallest absolute Gasteiger partial charge is 0.271 e. The highest BCUT2D eigenvalue weighted by Gasteiger charge is 2.20. The number of nitrogens with one attached hydrogen (secondary N) is 3. The Hall–Kier alpha value is -3.13. The third kappa shape index (κ3) is 4.53. The van der Waals surface area contributed by atoms with Gasteiger partial charge in [-0.15, -0.1) is 0 Å². The average molecular weight is 384 g/mol. The summed E-state index contributed by atoms with van der Waals surface area (Å²) in [5, 5.41) is 9.07. The van der Waals surface area contributed by atoms with Gasteiger partial charge in [-0.05, 0) is 29.7 Å². The van der Waals surface area contributed by atoms with Crippen LogP contribution in [0.15, 0.2) is 65.7 Å². The molecule has 140 valence electrons.